The van der Waals surface area contributed by atoms with E-state index in [1.54, 1.807) is 0 Å². The van der Waals surface area contributed by atoms with Crippen molar-refractivity contribution in [1.82, 2.24) is 15.2 Å². The molecule has 1 heterocycles. The summed E-state index contributed by atoms with van der Waals surface area (Å²) in [5.74, 6) is 0.715. The quantitative estimate of drug-likeness (QED) is 0.830. The Morgan fingerprint density at radius 2 is 2.05 bits per heavy atom. The van der Waals surface area contributed by atoms with E-state index in [1.165, 1.54) is 18.4 Å². The smallest absolute Gasteiger partial charge is 0.213 e. The second kappa shape index (κ2) is 6.10. The van der Waals surface area contributed by atoms with Crippen molar-refractivity contribution < 1.29 is 4.74 Å². The molecule has 112 valence electrons. The summed E-state index contributed by atoms with van der Waals surface area (Å²) in [6.07, 6.45) is 2.63. The molecular weight excluding hydrogens is 250 g/mol. The standard InChI is InChI=1S/C16H27N3O/c1-12-13(10-17-14-7-8-14)6-9-15(18-12)20-11-16(2,3)19(4)5/h6,9,14,17H,7-8,10-11H2,1-5H3. The number of pyridine rings is 1. The van der Waals surface area contributed by atoms with Crippen molar-refractivity contribution in [1.29, 1.82) is 0 Å². The van der Waals surface area contributed by atoms with Gasteiger partial charge in [0.1, 0.15) is 6.61 Å². The number of rotatable bonds is 7. The molecule has 1 fully saturated rings. The van der Waals surface area contributed by atoms with Crippen molar-refractivity contribution in [2.45, 2.75) is 51.7 Å². The van der Waals surface area contributed by atoms with E-state index in [4.69, 9.17) is 4.74 Å². The minimum atomic E-state index is 0.00177. The number of hydrogen-bond acceptors (Lipinski definition) is 4. The Kier molecular flexibility index (Phi) is 4.66. The highest BCUT2D eigenvalue weighted by Crippen LogP contribution is 2.20. The first kappa shape index (κ1) is 15.3. The minimum Gasteiger partial charge on any atom is -0.476 e. The van der Waals surface area contributed by atoms with Crippen LogP contribution < -0.4 is 10.1 Å². The van der Waals surface area contributed by atoms with Gasteiger partial charge in [0.05, 0.1) is 0 Å². The monoisotopic (exact) mass is 277 g/mol. The SMILES string of the molecule is Cc1nc(OCC(C)(C)N(C)C)ccc1CNC1CC1. The van der Waals surface area contributed by atoms with Gasteiger partial charge in [0.25, 0.3) is 0 Å². The summed E-state index contributed by atoms with van der Waals surface area (Å²) in [4.78, 5) is 6.71. The number of ether oxygens (including phenoxy) is 1. The Balaban J connectivity index is 1.90. The molecule has 0 atom stereocenters. The van der Waals surface area contributed by atoms with Gasteiger partial charge in [-0.1, -0.05) is 6.07 Å². The molecule has 1 aliphatic carbocycles. The normalized spacial score (nSPS) is 15.7. The van der Waals surface area contributed by atoms with Gasteiger partial charge in [-0.2, -0.15) is 0 Å². The fourth-order valence-electron chi connectivity index (χ4n) is 1.76. The molecule has 4 heteroatoms. The van der Waals surface area contributed by atoms with E-state index >= 15 is 0 Å². The number of likely N-dealkylation sites (N-methyl/N-ethyl adjacent to an activating group) is 1. The lowest BCUT2D eigenvalue weighted by Gasteiger charge is -2.31. The Hall–Kier alpha value is -1.13. The molecule has 0 bridgehead atoms. The van der Waals surface area contributed by atoms with E-state index in [1.807, 2.05) is 13.0 Å². The first-order valence-electron chi connectivity index (χ1n) is 7.38. The summed E-state index contributed by atoms with van der Waals surface area (Å²) < 4.78 is 5.83. The summed E-state index contributed by atoms with van der Waals surface area (Å²) >= 11 is 0. The molecule has 0 aromatic carbocycles. The second-order valence-corrected chi connectivity index (χ2v) is 6.54. The zero-order valence-electron chi connectivity index (χ0n) is 13.4. The third-order valence-electron chi connectivity index (χ3n) is 4.11. The summed E-state index contributed by atoms with van der Waals surface area (Å²) in [7, 11) is 4.13. The van der Waals surface area contributed by atoms with Crippen LogP contribution in [-0.2, 0) is 6.54 Å². The van der Waals surface area contributed by atoms with Gasteiger partial charge in [-0.05, 0) is 53.3 Å². The van der Waals surface area contributed by atoms with Crippen molar-refractivity contribution in [3.63, 3.8) is 0 Å². The van der Waals surface area contributed by atoms with Crippen LogP contribution >= 0.6 is 0 Å². The van der Waals surface area contributed by atoms with Crippen LogP contribution in [0.15, 0.2) is 12.1 Å². The lowest BCUT2D eigenvalue weighted by atomic mass is 10.1. The lowest BCUT2D eigenvalue weighted by Crippen LogP contribution is -2.43. The minimum absolute atomic E-state index is 0.00177. The molecule has 0 spiro atoms. The molecule has 0 saturated heterocycles. The van der Waals surface area contributed by atoms with E-state index in [2.05, 4.69) is 49.2 Å². The number of nitrogens with zero attached hydrogens (tertiary/aromatic N) is 2. The second-order valence-electron chi connectivity index (χ2n) is 6.54. The third kappa shape index (κ3) is 4.18. The molecule has 1 N–H and O–H groups in total. The average molecular weight is 277 g/mol. The molecule has 1 aromatic heterocycles. The van der Waals surface area contributed by atoms with Gasteiger partial charge in [0.2, 0.25) is 5.88 Å². The van der Waals surface area contributed by atoms with E-state index in [9.17, 15) is 0 Å². The summed E-state index contributed by atoms with van der Waals surface area (Å²) in [5.41, 5.74) is 2.32. The molecule has 4 nitrogen and oxygen atoms in total. The first-order valence-corrected chi connectivity index (χ1v) is 7.38. The zero-order chi connectivity index (χ0) is 14.8. The summed E-state index contributed by atoms with van der Waals surface area (Å²) in [6, 6.07) is 4.82. The van der Waals surface area contributed by atoms with Crippen LogP contribution in [0, 0.1) is 6.92 Å². The highest BCUT2D eigenvalue weighted by molar-refractivity contribution is 5.25. The van der Waals surface area contributed by atoms with Gasteiger partial charge in [-0.25, -0.2) is 4.98 Å². The largest absolute Gasteiger partial charge is 0.476 e. The molecule has 1 aliphatic rings. The van der Waals surface area contributed by atoms with Crippen molar-refractivity contribution in [2.24, 2.45) is 0 Å². The van der Waals surface area contributed by atoms with Crippen molar-refractivity contribution >= 4 is 0 Å². The van der Waals surface area contributed by atoms with Crippen LogP contribution in [-0.4, -0.2) is 42.2 Å². The van der Waals surface area contributed by atoms with Crippen molar-refractivity contribution in [3.8, 4) is 5.88 Å². The molecule has 0 amide bonds. The third-order valence-corrected chi connectivity index (χ3v) is 4.11. The topological polar surface area (TPSA) is 37.4 Å². The number of hydrogen-bond donors (Lipinski definition) is 1. The highest BCUT2D eigenvalue weighted by Gasteiger charge is 2.22. The predicted molar refractivity (Wildman–Crippen MR) is 82.1 cm³/mol. The molecule has 2 rings (SSSR count). The van der Waals surface area contributed by atoms with Crippen LogP contribution in [0.2, 0.25) is 0 Å². The Bertz CT molecular complexity index is 453. The zero-order valence-corrected chi connectivity index (χ0v) is 13.4. The van der Waals surface area contributed by atoms with Gasteiger partial charge >= 0.3 is 0 Å². The molecular formula is C16H27N3O. The van der Waals surface area contributed by atoms with Crippen LogP contribution in [0.3, 0.4) is 0 Å². The predicted octanol–water partition coefficient (Wildman–Crippen LogP) is 2.36. The highest BCUT2D eigenvalue weighted by atomic mass is 16.5. The molecule has 20 heavy (non-hydrogen) atoms. The van der Waals surface area contributed by atoms with E-state index in [0.717, 1.165) is 18.3 Å². The summed E-state index contributed by atoms with van der Waals surface area (Å²) in [6.45, 7) is 7.91. The van der Waals surface area contributed by atoms with Crippen LogP contribution in [0.4, 0.5) is 0 Å². The van der Waals surface area contributed by atoms with Gasteiger partial charge in [0, 0.05) is 29.9 Å². The average Bonchev–Trinajstić information content (AvgIpc) is 3.19. The number of aryl methyl sites for hydroxylation is 1. The van der Waals surface area contributed by atoms with Crippen molar-refractivity contribution in [2.75, 3.05) is 20.7 Å². The molecule has 0 aliphatic heterocycles. The van der Waals surface area contributed by atoms with Gasteiger partial charge in [-0.3, -0.25) is 0 Å². The maximum absolute atomic E-state index is 5.83. The Labute approximate surface area is 122 Å². The Morgan fingerprint density at radius 3 is 2.60 bits per heavy atom. The van der Waals surface area contributed by atoms with Crippen LogP contribution in [0.25, 0.3) is 0 Å². The maximum atomic E-state index is 5.83. The molecule has 0 radical (unpaired) electrons. The first-order chi connectivity index (χ1) is 9.38. The molecule has 1 saturated carbocycles. The van der Waals surface area contributed by atoms with E-state index < -0.39 is 0 Å². The lowest BCUT2D eigenvalue weighted by molar-refractivity contribution is 0.111. The van der Waals surface area contributed by atoms with Crippen LogP contribution in [0.5, 0.6) is 5.88 Å². The van der Waals surface area contributed by atoms with Crippen molar-refractivity contribution in [3.05, 3.63) is 23.4 Å². The fourth-order valence-corrected chi connectivity index (χ4v) is 1.76. The molecule has 1 aromatic rings. The number of nitrogens with one attached hydrogen (secondary N) is 1. The fraction of sp³-hybridized carbons (Fsp3) is 0.688. The maximum Gasteiger partial charge on any atom is 0.213 e. The van der Waals surface area contributed by atoms with Gasteiger partial charge in [0.15, 0.2) is 0 Å². The number of aromatic nitrogens is 1. The van der Waals surface area contributed by atoms with E-state index in [-0.39, 0.29) is 5.54 Å². The van der Waals surface area contributed by atoms with Gasteiger partial charge in [-0.15, -0.1) is 0 Å². The van der Waals surface area contributed by atoms with E-state index in [0.29, 0.717) is 12.5 Å². The molecule has 0 unspecified atom stereocenters. The van der Waals surface area contributed by atoms with Crippen LogP contribution in [0.1, 0.15) is 37.9 Å². The Morgan fingerprint density at radius 1 is 1.35 bits per heavy atom. The van der Waals surface area contributed by atoms with Gasteiger partial charge < -0.3 is 15.0 Å². The summed E-state index contributed by atoms with van der Waals surface area (Å²) in [5, 5.41) is 3.52.